The van der Waals surface area contributed by atoms with Crippen LogP contribution in [0.25, 0.3) is 0 Å². The Bertz CT molecular complexity index is 925. The van der Waals surface area contributed by atoms with E-state index in [9.17, 15) is 4.79 Å². The predicted octanol–water partition coefficient (Wildman–Crippen LogP) is 3.74. The van der Waals surface area contributed by atoms with Gasteiger partial charge in [0, 0.05) is 24.7 Å². The monoisotopic (exact) mass is 438 g/mol. The van der Waals surface area contributed by atoms with Crippen LogP contribution in [0.5, 0.6) is 11.5 Å². The van der Waals surface area contributed by atoms with Gasteiger partial charge in [0.2, 0.25) is 5.91 Å². The van der Waals surface area contributed by atoms with Crippen LogP contribution < -0.4 is 25.4 Å². The van der Waals surface area contributed by atoms with E-state index >= 15 is 0 Å². The van der Waals surface area contributed by atoms with Gasteiger partial charge in [-0.15, -0.1) is 0 Å². The van der Waals surface area contributed by atoms with E-state index in [1.54, 1.807) is 14.2 Å². The summed E-state index contributed by atoms with van der Waals surface area (Å²) in [5.74, 6) is 2.52. The van der Waals surface area contributed by atoms with E-state index in [0.29, 0.717) is 6.54 Å². The number of nitrogens with one attached hydrogen (secondary N) is 3. The van der Waals surface area contributed by atoms with Crippen molar-refractivity contribution in [1.29, 1.82) is 0 Å². The summed E-state index contributed by atoms with van der Waals surface area (Å²) in [6, 6.07) is 13.9. The predicted molar refractivity (Wildman–Crippen MR) is 128 cm³/mol. The number of anilines is 1. The van der Waals surface area contributed by atoms with E-state index < -0.39 is 0 Å². The van der Waals surface area contributed by atoms with Gasteiger partial charge in [-0.1, -0.05) is 24.6 Å². The number of nitrogens with zero attached hydrogens (tertiary/aromatic N) is 1. The van der Waals surface area contributed by atoms with Crippen molar-refractivity contribution in [3.05, 3.63) is 53.6 Å². The zero-order valence-corrected chi connectivity index (χ0v) is 19.2. The Balaban J connectivity index is 1.54. The van der Waals surface area contributed by atoms with Crippen molar-refractivity contribution >= 4 is 17.6 Å². The molecule has 0 aromatic heterocycles. The molecule has 3 N–H and O–H groups in total. The maximum absolute atomic E-state index is 12.2. The van der Waals surface area contributed by atoms with Crippen molar-refractivity contribution in [2.45, 2.75) is 39.2 Å². The Kier molecular flexibility index (Phi) is 8.78. The highest BCUT2D eigenvalue weighted by Gasteiger charge is 2.25. The number of carbonyl (C=O) groups is 1. The summed E-state index contributed by atoms with van der Waals surface area (Å²) < 4.78 is 10.7. The maximum Gasteiger partial charge on any atom is 0.227 e. The van der Waals surface area contributed by atoms with Crippen LogP contribution in [0, 0.1) is 5.92 Å². The first-order valence-electron chi connectivity index (χ1n) is 11.3. The average Bonchev–Trinajstić information content (AvgIpc) is 2.76. The van der Waals surface area contributed by atoms with Gasteiger partial charge in [0.25, 0.3) is 0 Å². The summed E-state index contributed by atoms with van der Waals surface area (Å²) in [6.45, 7) is 4.08. The molecule has 172 valence electrons. The molecule has 0 spiro atoms. The summed E-state index contributed by atoms with van der Waals surface area (Å²) in [7, 11) is 3.28. The van der Waals surface area contributed by atoms with Crippen molar-refractivity contribution in [2.75, 3.05) is 32.6 Å². The Morgan fingerprint density at radius 3 is 2.53 bits per heavy atom. The Morgan fingerprint density at radius 2 is 1.84 bits per heavy atom. The molecular formula is C25H34N4O3. The van der Waals surface area contributed by atoms with Crippen LogP contribution in [-0.4, -0.2) is 39.2 Å². The lowest BCUT2D eigenvalue weighted by atomic mass is 9.85. The molecule has 0 radical (unpaired) electrons. The van der Waals surface area contributed by atoms with Crippen LogP contribution in [0.1, 0.15) is 37.3 Å². The molecule has 1 aliphatic rings. The van der Waals surface area contributed by atoms with Crippen molar-refractivity contribution in [2.24, 2.45) is 10.9 Å². The fourth-order valence-electron chi connectivity index (χ4n) is 3.54. The number of amides is 1. The topological polar surface area (TPSA) is 84.0 Å². The molecule has 3 rings (SSSR count). The second kappa shape index (κ2) is 12.0. The van der Waals surface area contributed by atoms with E-state index in [4.69, 9.17) is 14.5 Å². The van der Waals surface area contributed by atoms with Crippen LogP contribution in [0.2, 0.25) is 0 Å². The van der Waals surface area contributed by atoms with Crippen LogP contribution >= 0.6 is 0 Å². The van der Waals surface area contributed by atoms with Crippen LogP contribution in [-0.2, 0) is 17.8 Å². The van der Waals surface area contributed by atoms with Gasteiger partial charge in [-0.2, -0.15) is 0 Å². The third kappa shape index (κ3) is 6.64. The number of carbonyl (C=O) groups excluding carboxylic acids is 1. The molecule has 0 atom stereocenters. The SMILES string of the molecule is CCNC(=NCc1cccc(NC(=O)C2CCC2)c1)NCCc1ccc(OC)c(OC)c1. The summed E-state index contributed by atoms with van der Waals surface area (Å²) in [4.78, 5) is 16.9. The standard InChI is InChI=1S/C25H34N4O3/c1-4-26-25(27-14-13-18-11-12-22(31-2)23(16-18)32-3)28-17-19-7-5-10-21(15-19)29-24(30)20-8-6-9-20/h5,7,10-12,15-16,20H,4,6,8-9,13-14,17H2,1-3H3,(H,29,30)(H2,26,27,28). The van der Waals surface area contributed by atoms with Crippen LogP contribution in [0.15, 0.2) is 47.5 Å². The quantitative estimate of drug-likeness (QED) is 0.389. The van der Waals surface area contributed by atoms with Crippen molar-refractivity contribution in [3.8, 4) is 11.5 Å². The minimum absolute atomic E-state index is 0.127. The smallest absolute Gasteiger partial charge is 0.227 e. The first kappa shape index (κ1) is 23.4. The molecule has 0 bridgehead atoms. The van der Waals surface area contributed by atoms with Crippen LogP contribution in [0.4, 0.5) is 5.69 Å². The Labute approximate surface area is 190 Å². The molecule has 1 fully saturated rings. The molecule has 1 amide bonds. The molecule has 7 nitrogen and oxygen atoms in total. The van der Waals surface area contributed by atoms with Gasteiger partial charge >= 0.3 is 0 Å². The molecule has 0 heterocycles. The number of rotatable bonds is 10. The van der Waals surface area contributed by atoms with Gasteiger partial charge in [0.05, 0.1) is 20.8 Å². The normalized spacial score (nSPS) is 13.8. The highest BCUT2D eigenvalue weighted by Crippen LogP contribution is 2.28. The molecule has 7 heteroatoms. The van der Waals surface area contributed by atoms with Gasteiger partial charge in [-0.05, 0) is 61.6 Å². The third-order valence-corrected chi connectivity index (χ3v) is 5.59. The number of methoxy groups -OCH3 is 2. The van der Waals surface area contributed by atoms with E-state index in [1.807, 2.05) is 49.4 Å². The van der Waals surface area contributed by atoms with E-state index in [1.165, 1.54) is 0 Å². The lowest BCUT2D eigenvalue weighted by Crippen LogP contribution is -2.38. The number of guanidine groups is 1. The second-order valence-corrected chi connectivity index (χ2v) is 7.88. The minimum Gasteiger partial charge on any atom is -0.493 e. The number of benzene rings is 2. The van der Waals surface area contributed by atoms with Gasteiger partial charge in [-0.25, -0.2) is 4.99 Å². The zero-order valence-electron chi connectivity index (χ0n) is 19.2. The first-order valence-corrected chi connectivity index (χ1v) is 11.3. The highest BCUT2D eigenvalue weighted by atomic mass is 16.5. The number of aliphatic imine (C=N–C) groups is 1. The second-order valence-electron chi connectivity index (χ2n) is 7.88. The summed E-state index contributed by atoms with van der Waals surface area (Å²) in [5, 5.41) is 9.69. The summed E-state index contributed by atoms with van der Waals surface area (Å²) in [6.07, 6.45) is 3.97. The van der Waals surface area contributed by atoms with Crippen LogP contribution in [0.3, 0.4) is 0 Å². The maximum atomic E-state index is 12.2. The molecule has 0 aliphatic heterocycles. The number of ether oxygens (including phenoxy) is 2. The molecule has 2 aromatic rings. The molecule has 1 aliphatic carbocycles. The lowest BCUT2D eigenvalue weighted by Gasteiger charge is -2.24. The molecule has 32 heavy (non-hydrogen) atoms. The largest absolute Gasteiger partial charge is 0.493 e. The highest BCUT2D eigenvalue weighted by molar-refractivity contribution is 5.93. The summed E-state index contributed by atoms with van der Waals surface area (Å²) >= 11 is 0. The summed E-state index contributed by atoms with van der Waals surface area (Å²) in [5.41, 5.74) is 3.04. The molecule has 2 aromatic carbocycles. The number of hydrogen-bond acceptors (Lipinski definition) is 4. The molecule has 0 saturated heterocycles. The van der Waals surface area contributed by atoms with Gasteiger partial charge < -0.3 is 25.4 Å². The zero-order chi connectivity index (χ0) is 22.8. The van der Waals surface area contributed by atoms with E-state index in [0.717, 1.165) is 73.0 Å². The van der Waals surface area contributed by atoms with Crippen molar-refractivity contribution < 1.29 is 14.3 Å². The molecular weight excluding hydrogens is 404 g/mol. The fraction of sp³-hybridized carbons (Fsp3) is 0.440. The van der Waals surface area contributed by atoms with Crippen molar-refractivity contribution in [1.82, 2.24) is 10.6 Å². The molecule has 0 unspecified atom stereocenters. The van der Waals surface area contributed by atoms with Gasteiger partial charge in [-0.3, -0.25) is 4.79 Å². The van der Waals surface area contributed by atoms with Crippen molar-refractivity contribution in [3.63, 3.8) is 0 Å². The fourth-order valence-corrected chi connectivity index (χ4v) is 3.54. The van der Waals surface area contributed by atoms with Gasteiger partial charge in [0.15, 0.2) is 17.5 Å². The van der Waals surface area contributed by atoms with E-state index in [-0.39, 0.29) is 11.8 Å². The van der Waals surface area contributed by atoms with E-state index in [2.05, 4.69) is 16.0 Å². The minimum atomic E-state index is 0.127. The average molecular weight is 439 g/mol. The Hall–Kier alpha value is -3.22. The third-order valence-electron chi connectivity index (χ3n) is 5.59. The first-order chi connectivity index (χ1) is 15.6. The van der Waals surface area contributed by atoms with Gasteiger partial charge in [0.1, 0.15) is 0 Å². The lowest BCUT2D eigenvalue weighted by molar-refractivity contribution is -0.122. The number of hydrogen-bond donors (Lipinski definition) is 3. The Morgan fingerprint density at radius 1 is 1.03 bits per heavy atom. The molecule has 1 saturated carbocycles.